The van der Waals surface area contributed by atoms with E-state index >= 15 is 0 Å². The number of hydrogen-bond donors (Lipinski definition) is 1. The molecule has 0 saturated heterocycles. The molecule has 1 rings (SSSR count). The molecular weight excluding hydrogens is 430 g/mol. The van der Waals surface area contributed by atoms with Crippen LogP contribution in [0.25, 0.3) is 5.32 Å². The van der Waals surface area contributed by atoms with E-state index in [0.29, 0.717) is 6.54 Å². The molecule has 1 N–H and O–H groups in total. The van der Waals surface area contributed by atoms with Crippen LogP contribution in [0.2, 0.25) is 0 Å². The van der Waals surface area contributed by atoms with Gasteiger partial charge < -0.3 is 10.4 Å². The first-order valence-corrected chi connectivity index (χ1v) is 8.09. The Bertz CT molecular complexity index is 381. The van der Waals surface area contributed by atoms with Crippen LogP contribution in [0, 0.1) is 6.92 Å². The van der Waals surface area contributed by atoms with Crippen molar-refractivity contribution in [1.82, 2.24) is 0 Å². The van der Waals surface area contributed by atoms with E-state index in [9.17, 15) is 5.11 Å². The third kappa shape index (κ3) is 8.14. The van der Waals surface area contributed by atoms with E-state index in [4.69, 9.17) is 0 Å². The minimum atomic E-state index is -0.448. The van der Waals surface area contributed by atoms with Crippen LogP contribution >= 0.6 is 0 Å². The molecule has 0 amide bonds. The van der Waals surface area contributed by atoms with E-state index in [1.165, 1.54) is 36.8 Å². The Labute approximate surface area is 145 Å². The molecule has 118 valence electrons. The van der Waals surface area contributed by atoms with Crippen molar-refractivity contribution in [3.8, 4) is 0 Å². The van der Waals surface area contributed by atoms with Gasteiger partial charge in [-0.05, 0) is 30.0 Å². The number of aliphatic hydroxyl groups is 1. The molecule has 0 bridgehead atoms. The minimum Gasteiger partial charge on any atom is -0.660 e. The van der Waals surface area contributed by atoms with Gasteiger partial charge in [-0.15, -0.1) is 13.1 Å². The van der Waals surface area contributed by atoms with Gasteiger partial charge in [0.1, 0.15) is 0 Å². The Balaban J connectivity index is 0.00000400. The zero-order valence-corrected chi connectivity index (χ0v) is 16.7. The SMILES string of the molecule is CCCCCCC[N-]CC(O)c1ccc(C)c(CC)c1.[W+2]. The van der Waals surface area contributed by atoms with Crippen LogP contribution in [0.4, 0.5) is 0 Å². The molecule has 0 aromatic heterocycles. The maximum absolute atomic E-state index is 10.2. The third-order valence-electron chi connectivity index (χ3n) is 3.86. The summed E-state index contributed by atoms with van der Waals surface area (Å²) < 4.78 is 0. The molecule has 0 fully saturated rings. The fourth-order valence-corrected chi connectivity index (χ4v) is 2.43. The van der Waals surface area contributed by atoms with Crippen LogP contribution in [0.1, 0.15) is 68.7 Å². The molecule has 0 spiro atoms. The van der Waals surface area contributed by atoms with E-state index in [0.717, 1.165) is 24.9 Å². The Hall–Kier alpha value is -0.172. The first-order chi connectivity index (χ1) is 9.69. The first kappa shape index (κ1) is 20.8. The third-order valence-corrected chi connectivity index (χ3v) is 3.86. The number of hydrogen-bond acceptors (Lipinski definition) is 1. The van der Waals surface area contributed by atoms with E-state index in [1.807, 2.05) is 6.07 Å². The second-order valence-electron chi connectivity index (χ2n) is 5.60. The van der Waals surface area contributed by atoms with Crippen LogP contribution in [-0.2, 0) is 27.5 Å². The molecule has 0 saturated carbocycles. The van der Waals surface area contributed by atoms with E-state index in [1.54, 1.807) is 0 Å². The molecule has 0 aliphatic carbocycles. The average Bonchev–Trinajstić information content (AvgIpc) is 2.46. The number of aliphatic hydroxyl groups excluding tert-OH is 1. The molecule has 0 radical (unpaired) electrons. The summed E-state index contributed by atoms with van der Waals surface area (Å²) in [6.07, 6.45) is 6.90. The van der Waals surface area contributed by atoms with Crippen molar-refractivity contribution in [3.05, 3.63) is 40.2 Å². The molecule has 1 aromatic carbocycles. The van der Waals surface area contributed by atoms with Crippen LogP contribution < -0.4 is 0 Å². The van der Waals surface area contributed by atoms with Crippen LogP contribution in [0.15, 0.2) is 18.2 Å². The van der Waals surface area contributed by atoms with Gasteiger partial charge in [-0.3, -0.25) is 0 Å². The molecule has 2 nitrogen and oxygen atoms in total. The van der Waals surface area contributed by atoms with Crippen molar-refractivity contribution in [1.29, 1.82) is 0 Å². The molecule has 0 aliphatic rings. The quantitative estimate of drug-likeness (QED) is 0.494. The van der Waals surface area contributed by atoms with Crippen LogP contribution in [0.5, 0.6) is 0 Å². The van der Waals surface area contributed by atoms with Crippen molar-refractivity contribution in [3.63, 3.8) is 0 Å². The number of benzene rings is 1. The maximum atomic E-state index is 10.2. The summed E-state index contributed by atoms with van der Waals surface area (Å²) in [5.41, 5.74) is 3.62. The molecule has 1 atom stereocenters. The van der Waals surface area contributed by atoms with Gasteiger partial charge >= 0.3 is 21.1 Å². The molecule has 0 heterocycles. The summed E-state index contributed by atoms with van der Waals surface area (Å²) in [4.78, 5) is 0. The summed E-state index contributed by atoms with van der Waals surface area (Å²) in [6, 6.07) is 6.24. The van der Waals surface area contributed by atoms with Crippen molar-refractivity contribution >= 4 is 0 Å². The van der Waals surface area contributed by atoms with E-state index < -0.39 is 6.10 Å². The Morgan fingerprint density at radius 2 is 1.81 bits per heavy atom. The number of aryl methyl sites for hydroxylation is 2. The summed E-state index contributed by atoms with van der Waals surface area (Å²) in [5.74, 6) is 0. The Kier molecular flexibility index (Phi) is 12.3. The molecule has 21 heavy (non-hydrogen) atoms. The van der Waals surface area contributed by atoms with Gasteiger partial charge in [0.05, 0.1) is 6.10 Å². The molecule has 3 heteroatoms. The normalized spacial score (nSPS) is 12.0. The van der Waals surface area contributed by atoms with Crippen molar-refractivity contribution in [2.24, 2.45) is 0 Å². The van der Waals surface area contributed by atoms with Gasteiger partial charge in [0.15, 0.2) is 0 Å². The summed E-state index contributed by atoms with van der Waals surface area (Å²) in [5, 5.41) is 14.7. The van der Waals surface area contributed by atoms with Crippen LogP contribution in [0.3, 0.4) is 0 Å². The Morgan fingerprint density at radius 1 is 1.10 bits per heavy atom. The van der Waals surface area contributed by atoms with Gasteiger partial charge in [0, 0.05) is 0 Å². The maximum Gasteiger partial charge on any atom is 2.00 e. The topological polar surface area (TPSA) is 34.3 Å². The minimum absolute atomic E-state index is 0. The predicted molar refractivity (Wildman–Crippen MR) is 87.4 cm³/mol. The standard InChI is InChI=1S/C18H30NO.W/c1-4-6-7-8-9-12-19-14-18(20)17-11-10-15(3)16(5-2)13-17;/h10-11,13,18,20H,4-9,12,14H2,1-3H3;/q-1;+2. The fourth-order valence-electron chi connectivity index (χ4n) is 2.43. The van der Waals surface area contributed by atoms with Crippen molar-refractivity contribution < 1.29 is 26.2 Å². The van der Waals surface area contributed by atoms with Crippen LogP contribution in [-0.4, -0.2) is 18.2 Å². The van der Waals surface area contributed by atoms with E-state index in [2.05, 4.69) is 38.2 Å². The number of rotatable bonds is 10. The fraction of sp³-hybridized carbons (Fsp3) is 0.667. The largest absolute Gasteiger partial charge is 2.00 e. The van der Waals surface area contributed by atoms with Gasteiger partial charge in [0.2, 0.25) is 0 Å². The average molecular weight is 460 g/mol. The van der Waals surface area contributed by atoms with Gasteiger partial charge in [0.25, 0.3) is 0 Å². The van der Waals surface area contributed by atoms with Crippen molar-refractivity contribution in [2.75, 3.05) is 13.1 Å². The Morgan fingerprint density at radius 3 is 2.48 bits per heavy atom. The number of unbranched alkanes of at least 4 members (excludes halogenated alkanes) is 4. The summed E-state index contributed by atoms with van der Waals surface area (Å²) in [7, 11) is 0. The molecule has 0 aliphatic heterocycles. The van der Waals surface area contributed by atoms with Gasteiger partial charge in [-0.1, -0.05) is 64.2 Å². The monoisotopic (exact) mass is 460 g/mol. The number of nitrogens with zero attached hydrogens (tertiary/aromatic N) is 1. The predicted octanol–water partition coefficient (Wildman–Crippen LogP) is 4.93. The second kappa shape index (κ2) is 12.4. The molecule has 1 unspecified atom stereocenters. The first-order valence-electron chi connectivity index (χ1n) is 8.09. The smallest absolute Gasteiger partial charge is 0.660 e. The van der Waals surface area contributed by atoms with E-state index in [-0.39, 0.29) is 21.1 Å². The van der Waals surface area contributed by atoms with Crippen molar-refractivity contribution in [2.45, 2.75) is 65.4 Å². The van der Waals surface area contributed by atoms with Gasteiger partial charge in [-0.25, -0.2) is 0 Å². The zero-order chi connectivity index (χ0) is 14.8. The second-order valence-corrected chi connectivity index (χ2v) is 5.60. The van der Waals surface area contributed by atoms with Gasteiger partial charge in [-0.2, -0.15) is 0 Å². The summed E-state index contributed by atoms with van der Waals surface area (Å²) in [6.45, 7) is 7.91. The summed E-state index contributed by atoms with van der Waals surface area (Å²) >= 11 is 0. The molecular formula is C18H30NOW+. The molecule has 1 aromatic rings. The zero-order valence-electron chi connectivity index (χ0n) is 13.8.